The maximum atomic E-state index is 5.86. The van der Waals surface area contributed by atoms with Crippen LogP contribution in [-0.2, 0) is 0 Å². The SMILES string of the molecule is CCNc1nc(-n2cccn2)nc(-n2cc(Cl)cn2)n1. The van der Waals surface area contributed by atoms with Crippen LogP contribution in [-0.4, -0.2) is 41.1 Å². The first kappa shape index (κ1) is 12.5. The maximum absolute atomic E-state index is 5.86. The molecule has 9 heteroatoms. The Bertz CT molecular complexity index is 705. The zero-order chi connectivity index (χ0) is 13.9. The van der Waals surface area contributed by atoms with Crippen molar-refractivity contribution < 1.29 is 0 Å². The monoisotopic (exact) mass is 290 g/mol. The summed E-state index contributed by atoms with van der Waals surface area (Å²) >= 11 is 5.86. The summed E-state index contributed by atoms with van der Waals surface area (Å²) in [7, 11) is 0. The van der Waals surface area contributed by atoms with Crippen LogP contribution in [0.3, 0.4) is 0 Å². The summed E-state index contributed by atoms with van der Waals surface area (Å²) in [6.45, 7) is 2.66. The molecule has 20 heavy (non-hydrogen) atoms. The molecule has 1 N–H and O–H groups in total. The van der Waals surface area contributed by atoms with Crippen molar-refractivity contribution in [1.82, 2.24) is 34.5 Å². The highest BCUT2D eigenvalue weighted by Gasteiger charge is 2.10. The van der Waals surface area contributed by atoms with Crippen molar-refractivity contribution in [2.45, 2.75) is 6.92 Å². The lowest BCUT2D eigenvalue weighted by molar-refractivity contribution is 0.745. The van der Waals surface area contributed by atoms with Crippen molar-refractivity contribution in [2.75, 3.05) is 11.9 Å². The fourth-order valence-electron chi connectivity index (χ4n) is 1.59. The molecule has 0 saturated heterocycles. The summed E-state index contributed by atoms with van der Waals surface area (Å²) in [6, 6.07) is 1.79. The van der Waals surface area contributed by atoms with E-state index in [9.17, 15) is 0 Å². The molecule has 0 bridgehead atoms. The molecule has 102 valence electrons. The van der Waals surface area contributed by atoms with Crippen LogP contribution >= 0.6 is 11.6 Å². The van der Waals surface area contributed by atoms with Crippen molar-refractivity contribution in [3.8, 4) is 11.9 Å². The number of hydrogen-bond donors (Lipinski definition) is 1. The average molecular weight is 291 g/mol. The van der Waals surface area contributed by atoms with Gasteiger partial charge >= 0.3 is 0 Å². The van der Waals surface area contributed by atoms with Crippen LogP contribution in [0, 0.1) is 0 Å². The van der Waals surface area contributed by atoms with Gasteiger partial charge in [-0.05, 0) is 13.0 Å². The highest BCUT2D eigenvalue weighted by molar-refractivity contribution is 6.30. The van der Waals surface area contributed by atoms with Crippen molar-refractivity contribution in [1.29, 1.82) is 0 Å². The summed E-state index contributed by atoms with van der Waals surface area (Å²) in [5, 5.41) is 11.8. The van der Waals surface area contributed by atoms with E-state index in [1.807, 2.05) is 6.92 Å². The largest absolute Gasteiger partial charge is 0.354 e. The molecule has 3 heterocycles. The van der Waals surface area contributed by atoms with Gasteiger partial charge < -0.3 is 5.32 Å². The summed E-state index contributed by atoms with van der Waals surface area (Å²) < 4.78 is 3.04. The highest BCUT2D eigenvalue weighted by atomic mass is 35.5. The Hall–Kier alpha value is -2.48. The Morgan fingerprint density at radius 1 is 1.15 bits per heavy atom. The van der Waals surface area contributed by atoms with Gasteiger partial charge in [-0.3, -0.25) is 0 Å². The fraction of sp³-hybridized carbons (Fsp3) is 0.182. The van der Waals surface area contributed by atoms with Crippen LogP contribution in [0.4, 0.5) is 5.95 Å². The average Bonchev–Trinajstić information content (AvgIpc) is 3.09. The number of nitrogens with zero attached hydrogens (tertiary/aromatic N) is 7. The van der Waals surface area contributed by atoms with Gasteiger partial charge in [0.1, 0.15) is 0 Å². The fourth-order valence-corrected chi connectivity index (χ4v) is 1.73. The Morgan fingerprint density at radius 3 is 2.55 bits per heavy atom. The van der Waals surface area contributed by atoms with E-state index in [4.69, 9.17) is 11.6 Å². The third kappa shape index (κ3) is 2.45. The van der Waals surface area contributed by atoms with Crippen LogP contribution in [0.5, 0.6) is 0 Å². The first-order chi connectivity index (χ1) is 9.76. The Balaban J connectivity index is 2.09. The first-order valence-electron chi connectivity index (χ1n) is 5.97. The topological polar surface area (TPSA) is 86.3 Å². The molecule has 3 rings (SSSR count). The Kier molecular flexibility index (Phi) is 3.30. The van der Waals surface area contributed by atoms with Crippen LogP contribution < -0.4 is 5.32 Å². The molecule has 0 spiro atoms. The Labute approximate surface area is 119 Å². The number of aromatic nitrogens is 7. The van der Waals surface area contributed by atoms with Gasteiger partial charge in [0.05, 0.1) is 17.4 Å². The number of hydrogen-bond acceptors (Lipinski definition) is 6. The van der Waals surface area contributed by atoms with E-state index in [0.29, 0.717) is 29.4 Å². The number of halogens is 1. The Morgan fingerprint density at radius 2 is 1.95 bits per heavy atom. The predicted molar refractivity (Wildman–Crippen MR) is 73.2 cm³/mol. The molecule has 0 aliphatic rings. The normalized spacial score (nSPS) is 10.7. The van der Waals surface area contributed by atoms with E-state index in [0.717, 1.165) is 0 Å². The van der Waals surface area contributed by atoms with Gasteiger partial charge in [0.2, 0.25) is 5.95 Å². The van der Waals surface area contributed by atoms with E-state index in [2.05, 4.69) is 30.5 Å². The van der Waals surface area contributed by atoms with Gasteiger partial charge in [-0.2, -0.15) is 25.1 Å². The van der Waals surface area contributed by atoms with E-state index in [1.165, 1.54) is 10.9 Å². The van der Waals surface area contributed by atoms with Crippen LogP contribution in [0.25, 0.3) is 11.9 Å². The molecule has 0 aliphatic heterocycles. The molecule has 0 radical (unpaired) electrons. The number of rotatable bonds is 4. The lowest BCUT2D eigenvalue weighted by Crippen LogP contribution is -2.13. The van der Waals surface area contributed by atoms with E-state index in [1.54, 1.807) is 29.3 Å². The molecule has 8 nitrogen and oxygen atoms in total. The summed E-state index contributed by atoms with van der Waals surface area (Å²) in [4.78, 5) is 12.9. The first-order valence-corrected chi connectivity index (χ1v) is 6.34. The van der Waals surface area contributed by atoms with Gasteiger partial charge in [0, 0.05) is 18.9 Å². The van der Waals surface area contributed by atoms with E-state index < -0.39 is 0 Å². The standard InChI is InChI=1S/C11H11ClN8/c1-2-13-9-16-10(19-5-3-4-14-19)18-11(17-9)20-7-8(12)6-15-20/h3-7H,2H2,1H3,(H,13,16,17,18). The molecule has 0 unspecified atom stereocenters. The minimum atomic E-state index is 0.369. The maximum Gasteiger partial charge on any atom is 0.257 e. The minimum absolute atomic E-state index is 0.369. The lowest BCUT2D eigenvalue weighted by atomic mass is 10.7. The molecule has 0 atom stereocenters. The van der Waals surface area contributed by atoms with Gasteiger partial charge in [-0.15, -0.1) is 0 Å². The lowest BCUT2D eigenvalue weighted by Gasteiger charge is -2.07. The second kappa shape index (κ2) is 5.25. The van der Waals surface area contributed by atoms with Crippen LogP contribution in [0.15, 0.2) is 30.9 Å². The highest BCUT2D eigenvalue weighted by Crippen LogP contribution is 2.11. The quantitative estimate of drug-likeness (QED) is 0.780. The van der Waals surface area contributed by atoms with Gasteiger partial charge in [-0.1, -0.05) is 11.6 Å². The summed E-state index contributed by atoms with van der Waals surface area (Å²) in [5.41, 5.74) is 0. The zero-order valence-electron chi connectivity index (χ0n) is 10.6. The zero-order valence-corrected chi connectivity index (χ0v) is 11.4. The second-order valence-electron chi connectivity index (χ2n) is 3.84. The molecule has 0 fully saturated rings. The minimum Gasteiger partial charge on any atom is -0.354 e. The van der Waals surface area contributed by atoms with Gasteiger partial charge in [-0.25, -0.2) is 9.36 Å². The molecule has 0 aromatic carbocycles. The van der Waals surface area contributed by atoms with Crippen LogP contribution in [0.1, 0.15) is 6.92 Å². The van der Waals surface area contributed by atoms with Crippen molar-refractivity contribution in [2.24, 2.45) is 0 Å². The second-order valence-corrected chi connectivity index (χ2v) is 4.28. The van der Waals surface area contributed by atoms with Crippen molar-refractivity contribution in [3.05, 3.63) is 35.9 Å². The smallest absolute Gasteiger partial charge is 0.257 e. The van der Waals surface area contributed by atoms with E-state index in [-0.39, 0.29) is 0 Å². The molecular weight excluding hydrogens is 280 g/mol. The number of anilines is 1. The van der Waals surface area contributed by atoms with Gasteiger partial charge in [0.15, 0.2) is 0 Å². The predicted octanol–water partition coefficient (Wildman–Crippen LogP) is 1.33. The summed E-state index contributed by atoms with van der Waals surface area (Å²) in [5.74, 6) is 1.23. The van der Waals surface area contributed by atoms with Crippen molar-refractivity contribution in [3.63, 3.8) is 0 Å². The third-order valence-corrected chi connectivity index (χ3v) is 2.61. The molecule has 0 saturated carbocycles. The summed E-state index contributed by atoms with van der Waals surface area (Å²) in [6.07, 6.45) is 6.55. The molecule has 3 aromatic heterocycles. The van der Waals surface area contributed by atoms with Gasteiger partial charge in [0.25, 0.3) is 11.9 Å². The van der Waals surface area contributed by atoms with Crippen molar-refractivity contribution >= 4 is 17.5 Å². The number of nitrogens with one attached hydrogen (secondary N) is 1. The third-order valence-electron chi connectivity index (χ3n) is 2.41. The van der Waals surface area contributed by atoms with E-state index >= 15 is 0 Å². The molecule has 3 aromatic rings. The molecular formula is C11H11ClN8. The molecule has 0 amide bonds. The van der Waals surface area contributed by atoms with Crippen LogP contribution in [0.2, 0.25) is 5.02 Å². The molecule has 0 aliphatic carbocycles.